The number of carbonyl (C=O) groups excluding carboxylic acids is 1. The number of ether oxygens (including phenoxy) is 1. The molecule has 1 N–H and O–H groups in total. The molecule has 3 aromatic rings. The van der Waals surface area contributed by atoms with Crippen LogP contribution in [0.15, 0.2) is 36.7 Å². The largest absolute Gasteiger partial charge is 0.497 e. The predicted molar refractivity (Wildman–Crippen MR) is 117 cm³/mol. The topological polar surface area (TPSA) is 85.2 Å². The third-order valence-corrected chi connectivity index (χ3v) is 6.27. The van der Waals surface area contributed by atoms with Crippen LogP contribution in [0.1, 0.15) is 47.3 Å². The maximum Gasteiger partial charge on any atom is 0.260 e. The number of aromatic nitrogens is 4. The molecule has 1 aromatic carbocycles. The monoisotopic (exact) mass is 418 g/mol. The second-order valence-corrected chi connectivity index (χ2v) is 8.26. The first-order valence-corrected chi connectivity index (χ1v) is 10.6. The van der Waals surface area contributed by atoms with Gasteiger partial charge in [0, 0.05) is 18.2 Å². The lowest BCUT2D eigenvalue weighted by Gasteiger charge is -2.17. The van der Waals surface area contributed by atoms with Gasteiger partial charge in [-0.1, -0.05) is 6.07 Å². The lowest BCUT2D eigenvalue weighted by molar-refractivity contribution is 0.0995. The molecule has 1 atom stereocenters. The number of hydrogen-bond acceptors (Lipinski definition) is 6. The maximum atomic E-state index is 13.3. The number of benzene rings is 1. The summed E-state index contributed by atoms with van der Waals surface area (Å²) in [6, 6.07) is 9.85. The molecule has 3 heterocycles. The van der Waals surface area contributed by atoms with Crippen LogP contribution in [0, 0.1) is 5.92 Å². The van der Waals surface area contributed by atoms with E-state index in [0.29, 0.717) is 42.2 Å². The molecule has 1 amide bonds. The Hall–Kier alpha value is -3.26. The molecule has 5 rings (SSSR count). The summed E-state index contributed by atoms with van der Waals surface area (Å²) < 4.78 is 7.51. The van der Waals surface area contributed by atoms with E-state index in [9.17, 15) is 4.79 Å². The summed E-state index contributed by atoms with van der Waals surface area (Å²) in [5.41, 5.74) is 3.46. The van der Waals surface area contributed by atoms with Crippen molar-refractivity contribution in [2.45, 2.75) is 38.9 Å². The third-order valence-electron chi connectivity index (χ3n) is 6.27. The van der Waals surface area contributed by atoms with Gasteiger partial charge in [0.1, 0.15) is 23.6 Å². The van der Waals surface area contributed by atoms with Gasteiger partial charge >= 0.3 is 0 Å². The summed E-state index contributed by atoms with van der Waals surface area (Å²) in [6.45, 7) is 3.35. The number of nitrogens with one attached hydrogen (secondary N) is 1. The number of fused-ring (bicyclic) bond motifs is 1. The average Bonchev–Trinajstić information content (AvgIpc) is 3.43. The fraction of sp³-hybridized carbons (Fsp3) is 0.391. The van der Waals surface area contributed by atoms with E-state index < -0.39 is 0 Å². The van der Waals surface area contributed by atoms with Crippen molar-refractivity contribution in [1.82, 2.24) is 25.1 Å². The maximum absolute atomic E-state index is 13.3. The van der Waals surface area contributed by atoms with Gasteiger partial charge in [-0.3, -0.25) is 9.69 Å². The lowest BCUT2D eigenvalue weighted by atomic mass is 10.0. The summed E-state index contributed by atoms with van der Waals surface area (Å²) in [4.78, 5) is 19.8. The van der Waals surface area contributed by atoms with Crippen molar-refractivity contribution in [3.63, 3.8) is 0 Å². The van der Waals surface area contributed by atoms with Crippen molar-refractivity contribution in [3.8, 4) is 17.3 Å². The van der Waals surface area contributed by atoms with E-state index in [4.69, 9.17) is 9.72 Å². The number of rotatable bonds is 7. The van der Waals surface area contributed by atoms with Gasteiger partial charge in [0.15, 0.2) is 5.82 Å². The first-order valence-electron chi connectivity index (χ1n) is 10.6. The molecule has 0 unspecified atom stereocenters. The minimum absolute atomic E-state index is 0.0660. The van der Waals surface area contributed by atoms with Gasteiger partial charge in [-0.05, 0) is 68.1 Å². The SMILES string of the molecule is CNCc1cc(OC)cc2c1CN(c1cccc(-c3nncn3[C@@H](C)C3CC3)n1)C2=O. The summed E-state index contributed by atoms with van der Waals surface area (Å²) in [5, 5.41) is 11.6. The fourth-order valence-corrected chi connectivity index (χ4v) is 4.33. The van der Waals surface area contributed by atoms with Crippen LogP contribution in [-0.4, -0.2) is 39.8 Å². The van der Waals surface area contributed by atoms with Gasteiger partial charge < -0.3 is 14.6 Å². The molecule has 1 fully saturated rings. The van der Waals surface area contributed by atoms with Crippen LogP contribution in [0.5, 0.6) is 5.75 Å². The van der Waals surface area contributed by atoms with E-state index in [1.165, 1.54) is 12.8 Å². The van der Waals surface area contributed by atoms with Crippen LogP contribution in [0.4, 0.5) is 5.82 Å². The third kappa shape index (κ3) is 3.46. The van der Waals surface area contributed by atoms with Gasteiger partial charge in [0.05, 0.1) is 13.7 Å². The number of nitrogens with zero attached hydrogens (tertiary/aromatic N) is 5. The van der Waals surface area contributed by atoms with E-state index in [0.717, 1.165) is 22.6 Å². The summed E-state index contributed by atoms with van der Waals surface area (Å²) in [5.74, 6) is 2.64. The zero-order chi connectivity index (χ0) is 21.5. The van der Waals surface area contributed by atoms with Crippen molar-refractivity contribution in [1.29, 1.82) is 0 Å². The zero-order valence-electron chi connectivity index (χ0n) is 18.0. The van der Waals surface area contributed by atoms with Crippen LogP contribution < -0.4 is 15.0 Å². The van der Waals surface area contributed by atoms with Gasteiger partial charge in [0.25, 0.3) is 5.91 Å². The highest BCUT2D eigenvalue weighted by molar-refractivity contribution is 6.10. The second-order valence-electron chi connectivity index (χ2n) is 8.26. The molecule has 2 aliphatic rings. The van der Waals surface area contributed by atoms with Crippen molar-refractivity contribution < 1.29 is 9.53 Å². The van der Waals surface area contributed by atoms with Gasteiger partial charge in [-0.15, -0.1) is 10.2 Å². The normalized spacial score (nSPS) is 16.5. The smallest absolute Gasteiger partial charge is 0.260 e. The molecule has 2 aromatic heterocycles. The molecular formula is C23H26N6O2. The molecule has 1 saturated carbocycles. The van der Waals surface area contributed by atoms with Gasteiger partial charge in [-0.2, -0.15) is 0 Å². The molecule has 31 heavy (non-hydrogen) atoms. The Morgan fingerprint density at radius 2 is 2.13 bits per heavy atom. The molecule has 8 nitrogen and oxygen atoms in total. The van der Waals surface area contributed by atoms with Crippen LogP contribution in [0.2, 0.25) is 0 Å². The second kappa shape index (κ2) is 7.77. The highest BCUT2D eigenvalue weighted by atomic mass is 16.5. The van der Waals surface area contributed by atoms with Crippen LogP contribution >= 0.6 is 0 Å². The average molecular weight is 419 g/mol. The predicted octanol–water partition coefficient (Wildman–Crippen LogP) is 3.20. The van der Waals surface area contributed by atoms with E-state index >= 15 is 0 Å². The number of hydrogen-bond donors (Lipinski definition) is 1. The number of amides is 1. The Morgan fingerprint density at radius 1 is 1.29 bits per heavy atom. The van der Waals surface area contributed by atoms with E-state index in [-0.39, 0.29) is 5.91 Å². The Kier molecular flexibility index (Phi) is 4.94. The van der Waals surface area contributed by atoms with E-state index in [1.54, 1.807) is 18.3 Å². The van der Waals surface area contributed by atoms with E-state index in [1.807, 2.05) is 37.4 Å². The highest BCUT2D eigenvalue weighted by Gasteiger charge is 2.33. The molecule has 8 heteroatoms. The molecule has 160 valence electrons. The Morgan fingerprint density at radius 3 is 2.87 bits per heavy atom. The first kappa shape index (κ1) is 19.7. The van der Waals surface area contributed by atoms with Gasteiger partial charge in [-0.25, -0.2) is 4.98 Å². The standard InChI is InChI=1S/C23H26N6O2/c1-14(15-7-8-15)29-13-25-27-22(29)20-5-4-6-21(26-20)28-12-19-16(11-24-2)9-17(31-3)10-18(19)23(28)30/h4-6,9-10,13-15,24H,7-8,11-12H2,1-3H3/t14-/m0/s1. The molecular weight excluding hydrogens is 392 g/mol. The summed E-state index contributed by atoms with van der Waals surface area (Å²) in [7, 11) is 3.51. The van der Waals surface area contributed by atoms with Gasteiger partial charge in [0.2, 0.25) is 0 Å². The first-order chi connectivity index (χ1) is 15.1. The molecule has 1 aliphatic heterocycles. The van der Waals surface area contributed by atoms with Crippen molar-refractivity contribution >= 4 is 11.7 Å². The molecule has 0 spiro atoms. The number of anilines is 1. The quantitative estimate of drug-likeness (QED) is 0.634. The van der Waals surface area contributed by atoms with Crippen molar-refractivity contribution in [2.24, 2.45) is 5.92 Å². The summed E-state index contributed by atoms with van der Waals surface area (Å²) in [6.07, 6.45) is 4.26. The Labute approximate surface area is 181 Å². The Balaban J connectivity index is 1.49. The molecule has 0 radical (unpaired) electrons. The fourth-order valence-electron chi connectivity index (χ4n) is 4.33. The van der Waals surface area contributed by atoms with E-state index in [2.05, 4.69) is 27.0 Å². The molecule has 1 aliphatic carbocycles. The Bertz CT molecular complexity index is 1140. The summed E-state index contributed by atoms with van der Waals surface area (Å²) >= 11 is 0. The number of carbonyl (C=O) groups is 1. The zero-order valence-corrected chi connectivity index (χ0v) is 18.0. The minimum atomic E-state index is -0.0660. The number of methoxy groups -OCH3 is 1. The van der Waals surface area contributed by atoms with Crippen LogP contribution in [0.25, 0.3) is 11.5 Å². The lowest BCUT2D eigenvalue weighted by Crippen LogP contribution is -2.24. The number of pyridine rings is 1. The van der Waals surface area contributed by atoms with Crippen molar-refractivity contribution in [3.05, 3.63) is 53.3 Å². The molecule has 0 bridgehead atoms. The van der Waals surface area contributed by atoms with Crippen molar-refractivity contribution in [2.75, 3.05) is 19.1 Å². The minimum Gasteiger partial charge on any atom is -0.497 e. The van der Waals surface area contributed by atoms with Crippen LogP contribution in [-0.2, 0) is 13.1 Å². The highest BCUT2D eigenvalue weighted by Crippen LogP contribution is 2.40. The van der Waals surface area contributed by atoms with Crippen LogP contribution in [0.3, 0.4) is 0 Å². The molecule has 0 saturated heterocycles.